The van der Waals surface area contributed by atoms with Crippen molar-refractivity contribution >= 4 is 11.7 Å². The zero-order valence-electron chi connectivity index (χ0n) is 8.71. The number of hydrogen-bond donors (Lipinski definition) is 2. The SMILES string of the molecule is CC[C@@H](N)c1cccc(C(=O)O)c1[N+](=O)[O-]. The minimum Gasteiger partial charge on any atom is -0.477 e. The minimum atomic E-state index is -1.32. The number of nitrogens with zero attached hydrogens (tertiary/aromatic N) is 1. The monoisotopic (exact) mass is 224 g/mol. The third kappa shape index (κ3) is 2.17. The number of nitrogens with two attached hydrogens (primary N) is 1. The molecule has 1 aromatic rings. The second-order valence-electron chi connectivity index (χ2n) is 3.32. The number of rotatable bonds is 4. The highest BCUT2D eigenvalue weighted by atomic mass is 16.6. The number of carboxylic acids is 1. The fourth-order valence-corrected chi connectivity index (χ4v) is 1.46. The Labute approximate surface area is 91.8 Å². The number of aromatic carboxylic acids is 1. The Balaban J connectivity index is 3.44. The third-order valence-electron chi connectivity index (χ3n) is 2.32. The topological polar surface area (TPSA) is 106 Å². The highest BCUT2D eigenvalue weighted by Crippen LogP contribution is 2.29. The van der Waals surface area contributed by atoms with Crippen LogP contribution in [0.3, 0.4) is 0 Å². The zero-order valence-corrected chi connectivity index (χ0v) is 8.71. The van der Waals surface area contributed by atoms with Crippen molar-refractivity contribution in [3.8, 4) is 0 Å². The summed E-state index contributed by atoms with van der Waals surface area (Å²) < 4.78 is 0. The number of hydrogen-bond acceptors (Lipinski definition) is 4. The Kier molecular flexibility index (Phi) is 3.57. The quantitative estimate of drug-likeness (QED) is 0.598. The molecule has 0 aliphatic heterocycles. The summed E-state index contributed by atoms with van der Waals surface area (Å²) in [5, 5.41) is 19.7. The van der Waals surface area contributed by atoms with Gasteiger partial charge in [0, 0.05) is 11.6 Å². The van der Waals surface area contributed by atoms with Crippen molar-refractivity contribution in [3.63, 3.8) is 0 Å². The highest BCUT2D eigenvalue weighted by Gasteiger charge is 2.26. The molecule has 1 atom stereocenters. The van der Waals surface area contributed by atoms with Gasteiger partial charge in [-0.25, -0.2) is 4.79 Å². The summed E-state index contributed by atoms with van der Waals surface area (Å²) in [5.74, 6) is -1.32. The number of carbonyl (C=O) groups is 1. The molecule has 1 rings (SSSR count). The largest absolute Gasteiger partial charge is 0.477 e. The van der Waals surface area contributed by atoms with Crippen molar-refractivity contribution in [2.45, 2.75) is 19.4 Å². The van der Waals surface area contributed by atoms with E-state index in [9.17, 15) is 14.9 Å². The van der Waals surface area contributed by atoms with Crippen LogP contribution in [0.4, 0.5) is 5.69 Å². The van der Waals surface area contributed by atoms with Crippen LogP contribution in [0.1, 0.15) is 35.3 Å². The Morgan fingerprint density at radius 1 is 1.62 bits per heavy atom. The van der Waals surface area contributed by atoms with Gasteiger partial charge in [0.2, 0.25) is 0 Å². The zero-order chi connectivity index (χ0) is 12.3. The molecule has 16 heavy (non-hydrogen) atoms. The van der Waals surface area contributed by atoms with Gasteiger partial charge in [0.15, 0.2) is 0 Å². The lowest BCUT2D eigenvalue weighted by Gasteiger charge is -2.10. The molecule has 0 saturated carbocycles. The van der Waals surface area contributed by atoms with Gasteiger partial charge in [0.25, 0.3) is 5.69 Å². The van der Waals surface area contributed by atoms with Gasteiger partial charge in [-0.05, 0) is 12.5 Å². The molecule has 0 aromatic heterocycles. The van der Waals surface area contributed by atoms with Crippen LogP contribution in [0, 0.1) is 10.1 Å². The molecule has 0 fully saturated rings. The molecule has 0 aliphatic rings. The van der Waals surface area contributed by atoms with Crippen LogP contribution in [-0.4, -0.2) is 16.0 Å². The minimum absolute atomic E-state index is 0.257. The van der Waals surface area contributed by atoms with Crippen molar-refractivity contribution in [1.82, 2.24) is 0 Å². The van der Waals surface area contributed by atoms with Crippen LogP contribution < -0.4 is 5.73 Å². The summed E-state index contributed by atoms with van der Waals surface area (Å²) in [6.07, 6.45) is 0.504. The smallest absolute Gasteiger partial charge is 0.342 e. The number of nitro groups is 1. The van der Waals surface area contributed by atoms with Crippen molar-refractivity contribution in [2.24, 2.45) is 5.73 Å². The maximum Gasteiger partial charge on any atom is 0.342 e. The van der Waals surface area contributed by atoms with Crippen LogP contribution >= 0.6 is 0 Å². The van der Waals surface area contributed by atoms with E-state index in [2.05, 4.69) is 0 Å². The van der Waals surface area contributed by atoms with Crippen LogP contribution in [0.2, 0.25) is 0 Å². The van der Waals surface area contributed by atoms with E-state index in [0.29, 0.717) is 6.42 Å². The van der Waals surface area contributed by atoms with Crippen molar-refractivity contribution in [1.29, 1.82) is 0 Å². The fraction of sp³-hybridized carbons (Fsp3) is 0.300. The Morgan fingerprint density at radius 3 is 2.69 bits per heavy atom. The van der Waals surface area contributed by atoms with Gasteiger partial charge in [-0.15, -0.1) is 0 Å². The standard InChI is InChI=1S/C10H12N2O4/c1-2-8(11)6-4-3-5-7(10(13)14)9(6)12(15)16/h3-5,8H,2,11H2,1H3,(H,13,14)/t8-/m1/s1. The number of para-hydroxylation sites is 1. The van der Waals surface area contributed by atoms with Crippen molar-refractivity contribution in [3.05, 3.63) is 39.4 Å². The Hall–Kier alpha value is -1.95. The van der Waals surface area contributed by atoms with Gasteiger partial charge < -0.3 is 10.8 Å². The van der Waals surface area contributed by atoms with E-state index in [1.165, 1.54) is 18.2 Å². The molecule has 0 heterocycles. The summed E-state index contributed by atoms with van der Waals surface area (Å²) in [6, 6.07) is 3.62. The molecular weight excluding hydrogens is 212 g/mol. The van der Waals surface area contributed by atoms with E-state index in [0.717, 1.165) is 0 Å². The normalized spacial score (nSPS) is 12.1. The average molecular weight is 224 g/mol. The molecule has 0 radical (unpaired) electrons. The van der Waals surface area contributed by atoms with E-state index >= 15 is 0 Å². The molecular formula is C10H12N2O4. The maximum absolute atomic E-state index is 10.9. The first-order valence-electron chi connectivity index (χ1n) is 4.75. The first-order valence-corrected chi connectivity index (χ1v) is 4.75. The summed E-state index contributed by atoms with van der Waals surface area (Å²) in [4.78, 5) is 21.0. The van der Waals surface area contributed by atoms with Crippen molar-refractivity contribution < 1.29 is 14.8 Å². The van der Waals surface area contributed by atoms with Gasteiger partial charge in [-0.3, -0.25) is 10.1 Å². The van der Waals surface area contributed by atoms with Crippen LogP contribution in [-0.2, 0) is 0 Å². The first kappa shape index (κ1) is 12.1. The van der Waals surface area contributed by atoms with Gasteiger partial charge in [-0.1, -0.05) is 19.1 Å². The molecule has 0 aliphatic carbocycles. The molecule has 0 saturated heterocycles. The van der Waals surface area contributed by atoms with Crippen molar-refractivity contribution in [2.75, 3.05) is 0 Å². The molecule has 0 bridgehead atoms. The second-order valence-corrected chi connectivity index (χ2v) is 3.32. The second kappa shape index (κ2) is 4.71. The number of carboxylic acid groups (broad SMARTS) is 1. The van der Waals surface area contributed by atoms with E-state index in [1.54, 1.807) is 6.92 Å². The lowest BCUT2D eigenvalue weighted by atomic mass is 10.00. The summed E-state index contributed by atoms with van der Waals surface area (Å²) >= 11 is 0. The van der Waals surface area contributed by atoms with Crippen LogP contribution in [0.5, 0.6) is 0 Å². The maximum atomic E-state index is 10.9. The Morgan fingerprint density at radius 2 is 2.25 bits per heavy atom. The van der Waals surface area contributed by atoms with E-state index in [-0.39, 0.29) is 11.1 Å². The molecule has 0 unspecified atom stereocenters. The summed E-state index contributed by atoms with van der Waals surface area (Å²) in [5.41, 5.74) is 5.22. The predicted molar refractivity (Wildman–Crippen MR) is 57.3 cm³/mol. The van der Waals surface area contributed by atoms with Gasteiger partial charge in [0.1, 0.15) is 5.56 Å². The first-order chi connectivity index (χ1) is 7.49. The fourth-order valence-electron chi connectivity index (χ4n) is 1.46. The highest BCUT2D eigenvalue weighted by molar-refractivity contribution is 5.93. The van der Waals surface area contributed by atoms with E-state index < -0.39 is 22.6 Å². The molecule has 86 valence electrons. The van der Waals surface area contributed by atoms with Gasteiger partial charge >= 0.3 is 5.97 Å². The molecule has 0 spiro atoms. The number of benzene rings is 1. The van der Waals surface area contributed by atoms with Crippen LogP contribution in [0.15, 0.2) is 18.2 Å². The van der Waals surface area contributed by atoms with Gasteiger partial charge in [-0.2, -0.15) is 0 Å². The third-order valence-corrected chi connectivity index (χ3v) is 2.32. The number of nitro benzene ring substituents is 1. The van der Waals surface area contributed by atoms with E-state index in [4.69, 9.17) is 10.8 Å². The predicted octanol–water partition coefficient (Wildman–Crippen LogP) is 1.70. The molecule has 3 N–H and O–H groups in total. The van der Waals surface area contributed by atoms with E-state index in [1.807, 2.05) is 0 Å². The lowest BCUT2D eigenvalue weighted by Crippen LogP contribution is -2.13. The summed E-state index contributed by atoms with van der Waals surface area (Å²) in [6.45, 7) is 1.78. The molecule has 1 aromatic carbocycles. The van der Waals surface area contributed by atoms with Gasteiger partial charge in [0.05, 0.1) is 4.92 Å². The Bertz CT molecular complexity index is 431. The average Bonchev–Trinajstić information content (AvgIpc) is 2.26. The molecule has 6 nitrogen and oxygen atoms in total. The summed E-state index contributed by atoms with van der Waals surface area (Å²) in [7, 11) is 0. The van der Waals surface area contributed by atoms with Crippen LogP contribution in [0.25, 0.3) is 0 Å². The lowest BCUT2D eigenvalue weighted by molar-refractivity contribution is -0.386. The molecule has 6 heteroatoms. The molecule has 0 amide bonds.